The lowest BCUT2D eigenvalue weighted by Crippen LogP contribution is -2.30. The molecule has 0 spiro atoms. The zero-order valence-corrected chi connectivity index (χ0v) is 12.2. The number of nitrogens with zero attached hydrogens (tertiary/aromatic N) is 1. The molecule has 0 saturated heterocycles. The highest BCUT2D eigenvalue weighted by atomic mass is 19.4. The van der Waals surface area contributed by atoms with Gasteiger partial charge < -0.3 is 5.32 Å². The van der Waals surface area contributed by atoms with Crippen LogP contribution in [0.25, 0.3) is 0 Å². The van der Waals surface area contributed by atoms with Crippen LogP contribution in [0.4, 0.5) is 18.9 Å². The first-order valence-electron chi connectivity index (χ1n) is 6.67. The maximum Gasteiger partial charge on any atom is 0.416 e. The third-order valence-corrected chi connectivity index (χ3v) is 3.24. The van der Waals surface area contributed by atoms with E-state index >= 15 is 0 Å². The van der Waals surface area contributed by atoms with Crippen LogP contribution in [0.1, 0.15) is 31.4 Å². The first-order valence-corrected chi connectivity index (χ1v) is 6.67. The van der Waals surface area contributed by atoms with Crippen molar-refractivity contribution in [2.45, 2.75) is 38.9 Å². The molecule has 1 aromatic rings. The fourth-order valence-electron chi connectivity index (χ4n) is 2.26. The number of nitro groups is 1. The highest BCUT2D eigenvalue weighted by Crippen LogP contribution is 2.35. The number of non-ortho nitro benzene ring substituents is 1. The van der Waals surface area contributed by atoms with Gasteiger partial charge in [-0.3, -0.25) is 10.1 Å². The Labute approximate surface area is 121 Å². The van der Waals surface area contributed by atoms with Gasteiger partial charge in [0.2, 0.25) is 0 Å². The Morgan fingerprint density at radius 3 is 2.38 bits per heavy atom. The van der Waals surface area contributed by atoms with Crippen molar-refractivity contribution < 1.29 is 18.1 Å². The van der Waals surface area contributed by atoms with E-state index in [4.69, 9.17) is 0 Å². The number of alkyl halides is 3. The van der Waals surface area contributed by atoms with Gasteiger partial charge in [0, 0.05) is 18.2 Å². The van der Waals surface area contributed by atoms with Crippen LogP contribution in [-0.4, -0.2) is 18.0 Å². The molecular formula is C14H19F3N2O2. The molecule has 0 heterocycles. The van der Waals surface area contributed by atoms with Gasteiger partial charge in [0.25, 0.3) is 5.69 Å². The van der Waals surface area contributed by atoms with E-state index in [2.05, 4.69) is 5.32 Å². The van der Waals surface area contributed by atoms with Gasteiger partial charge >= 0.3 is 6.18 Å². The molecule has 1 unspecified atom stereocenters. The summed E-state index contributed by atoms with van der Waals surface area (Å²) < 4.78 is 39.2. The Morgan fingerprint density at radius 2 is 1.95 bits per heavy atom. The molecule has 118 valence electrons. The van der Waals surface area contributed by atoms with E-state index in [9.17, 15) is 23.3 Å². The maximum atomic E-state index is 13.1. The molecule has 0 saturated carbocycles. The predicted molar refractivity (Wildman–Crippen MR) is 74.1 cm³/mol. The van der Waals surface area contributed by atoms with E-state index in [1.165, 1.54) is 6.07 Å². The minimum absolute atomic E-state index is 0.0769. The lowest BCUT2D eigenvalue weighted by Gasteiger charge is -2.20. The van der Waals surface area contributed by atoms with Crippen LogP contribution in [0.2, 0.25) is 0 Å². The van der Waals surface area contributed by atoms with Crippen molar-refractivity contribution in [3.63, 3.8) is 0 Å². The van der Waals surface area contributed by atoms with Gasteiger partial charge in [0.05, 0.1) is 10.5 Å². The molecule has 0 aliphatic carbocycles. The lowest BCUT2D eigenvalue weighted by molar-refractivity contribution is -0.385. The second-order valence-electron chi connectivity index (χ2n) is 5.42. The Morgan fingerprint density at radius 1 is 1.33 bits per heavy atom. The van der Waals surface area contributed by atoms with Crippen LogP contribution in [0.15, 0.2) is 18.2 Å². The van der Waals surface area contributed by atoms with Gasteiger partial charge in [0.15, 0.2) is 0 Å². The average molecular weight is 304 g/mol. The minimum atomic E-state index is -4.60. The molecule has 21 heavy (non-hydrogen) atoms. The van der Waals surface area contributed by atoms with E-state index in [1.807, 2.05) is 13.8 Å². The molecular weight excluding hydrogens is 285 g/mol. The summed E-state index contributed by atoms with van der Waals surface area (Å²) in [5.74, 6) is 0.342. The second kappa shape index (κ2) is 6.89. The monoisotopic (exact) mass is 304 g/mol. The van der Waals surface area contributed by atoms with Crippen molar-refractivity contribution in [1.82, 2.24) is 5.32 Å². The number of hydrogen-bond donors (Lipinski definition) is 1. The fourth-order valence-corrected chi connectivity index (χ4v) is 2.26. The standard InChI is InChI=1S/C14H19F3N2O2/c1-9(2)6-11(18-3)7-10-4-5-12(19(20)21)8-13(10)14(15,16)17/h4-5,8-9,11,18H,6-7H2,1-3H3. The second-order valence-corrected chi connectivity index (χ2v) is 5.42. The summed E-state index contributed by atoms with van der Waals surface area (Å²) in [7, 11) is 1.70. The zero-order valence-electron chi connectivity index (χ0n) is 12.2. The van der Waals surface area contributed by atoms with E-state index in [1.54, 1.807) is 7.05 Å². The van der Waals surface area contributed by atoms with Gasteiger partial charge in [0.1, 0.15) is 0 Å². The molecule has 1 atom stereocenters. The normalized spacial score (nSPS) is 13.5. The van der Waals surface area contributed by atoms with Gasteiger partial charge in [-0.05, 0) is 31.4 Å². The van der Waals surface area contributed by atoms with Crippen molar-refractivity contribution in [2.24, 2.45) is 5.92 Å². The van der Waals surface area contributed by atoms with E-state index < -0.39 is 22.4 Å². The summed E-state index contributed by atoms with van der Waals surface area (Å²) in [5.41, 5.74) is -1.40. The molecule has 0 radical (unpaired) electrons. The summed E-state index contributed by atoms with van der Waals surface area (Å²) in [5, 5.41) is 13.6. The van der Waals surface area contributed by atoms with Crippen LogP contribution in [-0.2, 0) is 12.6 Å². The third kappa shape index (κ3) is 5.00. The van der Waals surface area contributed by atoms with Crippen molar-refractivity contribution in [3.8, 4) is 0 Å². The van der Waals surface area contributed by atoms with Crippen LogP contribution >= 0.6 is 0 Å². The van der Waals surface area contributed by atoms with Gasteiger partial charge in [-0.2, -0.15) is 13.2 Å². The molecule has 0 amide bonds. The summed E-state index contributed by atoms with van der Waals surface area (Å²) in [6.07, 6.45) is -3.69. The number of nitrogens with one attached hydrogen (secondary N) is 1. The topological polar surface area (TPSA) is 55.2 Å². The fraction of sp³-hybridized carbons (Fsp3) is 0.571. The average Bonchev–Trinajstić information content (AvgIpc) is 2.36. The highest BCUT2D eigenvalue weighted by molar-refractivity contribution is 5.41. The Kier molecular flexibility index (Phi) is 5.71. The van der Waals surface area contributed by atoms with Gasteiger partial charge in [-0.15, -0.1) is 0 Å². The first kappa shape index (κ1) is 17.4. The number of hydrogen-bond acceptors (Lipinski definition) is 3. The highest BCUT2D eigenvalue weighted by Gasteiger charge is 2.35. The summed E-state index contributed by atoms with van der Waals surface area (Å²) >= 11 is 0. The van der Waals surface area contributed by atoms with E-state index in [0.717, 1.165) is 12.5 Å². The van der Waals surface area contributed by atoms with Crippen LogP contribution in [0.3, 0.4) is 0 Å². The van der Waals surface area contributed by atoms with Crippen molar-refractivity contribution in [1.29, 1.82) is 0 Å². The lowest BCUT2D eigenvalue weighted by atomic mass is 9.94. The van der Waals surface area contributed by atoms with Crippen LogP contribution in [0.5, 0.6) is 0 Å². The Bertz CT molecular complexity index is 501. The minimum Gasteiger partial charge on any atom is -0.317 e. The van der Waals surface area contributed by atoms with Crippen molar-refractivity contribution in [2.75, 3.05) is 7.05 Å². The molecule has 0 fully saturated rings. The van der Waals surface area contributed by atoms with Crippen molar-refractivity contribution >= 4 is 5.69 Å². The van der Waals surface area contributed by atoms with Crippen LogP contribution < -0.4 is 5.32 Å². The van der Waals surface area contributed by atoms with Gasteiger partial charge in [-0.1, -0.05) is 19.9 Å². The number of benzene rings is 1. The quantitative estimate of drug-likeness (QED) is 0.642. The molecule has 0 aromatic heterocycles. The maximum absolute atomic E-state index is 13.1. The largest absolute Gasteiger partial charge is 0.416 e. The molecule has 7 heteroatoms. The van der Waals surface area contributed by atoms with E-state index in [-0.39, 0.29) is 18.0 Å². The molecule has 1 aromatic carbocycles. The molecule has 0 aliphatic rings. The SMILES string of the molecule is CNC(Cc1ccc([N+](=O)[O-])cc1C(F)(F)F)CC(C)C. The summed E-state index contributed by atoms with van der Waals surface area (Å²) in [4.78, 5) is 9.82. The van der Waals surface area contributed by atoms with Gasteiger partial charge in [-0.25, -0.2) is 0 Å². The number of rotatable bonds is 6. The predicted octanol–water partition coefficient (Wildman–Crippen LogP) is 3.79. The van der Waals surface area contributed by atoms with Crippen molar-refractivity contribution in [3.05, 3.63) is 39.4 Å². The summed E-state index contributed by atoms with van der Waals surface area (Å²) in [6.45, 7) is 3.98. The van der Waals surface area contributed by atoms with Crippen LogP contribution in [0, 0.1) is 16.0 Å². The smallest absolute Gasteiger partial charge is 0.317 e. The summed E-state index contributed by atoms with van der Waals surface area (Å²) in [6, 6.07) is 2.82. The molecule has 1 rings (SSSR count). The Balaban J connectivity index is 3.13. The Hall–Kier alpha value is -1.63. The number of likely N-dealkylation sites (N-methyl/N-ethyl adjacent to an activating group) is 1. The number of halogens is 3. The van der Waals surface area contributed by atoms with E-state index in [0.29, 0.717) is 12.0 Å². The molecule has 0 aliphatic heterocycles. The zero-order chi connectivity index (χ0) is 16.2. The molecule has 4 nitrogen and oxygen atoms in total. The number of nitro benzene ring substituents is 1. The molecule has 1 N–H and O–H groups in total. The first-order chi connectivity index (χ1) is 9.65. The third-order valence-electron chi connectivity index (χ3n) is 3.24. The molecule has 0 bridgehead atoms.